The minimum absolute atomic E-state index is 0.0733. The first-order valence-electron chi connectivity index (χ1n) is 7.72. The molecule has 136 valence electrons. The number of carbonyl (C=O) groups excluding carboxylic acids is 2. The highest BCUT2D eigenvalue weighted by Crippen LogP contribution is 2.25. The standard InChI is InChI=1S/C19H18O7/c1-11-6-14(7-12(2)19(11)25-13(3)21)4-5-18(23)26-17-10-24-15(9-20)8-16(17)22/h4-8,10,20H,9H2,1-3H3/b5-4+. The van der Waals surface area contributed by atoms with E-state index >= 15 is 0 Å². The first kappa shape index (κ1) is 19.1. The number of hydrogen-bond donors (Lipinski definition) is 1. The van der Waals surface area contributed by atoms with Gasteiger partial charge in [-0.15, -0.1) is 0 Å². The van der Waals surface area contributed by atoms with Gasteiger partial charge in [0, 0.05) is 19.1 Å². The van der Waals surface area contributed by atoms with Crippen LogP contribution < -0.4 is 14.9 Å². The van der Waals surface area contributed by atoms with E-state index in [-0.39, 0.29) is 11.5 Å². The molecule has 2 aromatic rings. The molecule has 2 rings (SSSR count). The molecule has 26 heavy (non-hydrogen) atoms. The first-order chi connectivity index (χ1) is 12.3. The second-order valence-electron chi connectivity index (χ2n) is 5.56. The maximum absolute atomic E-state index is 11.9. The van der Waals surface area contributed by atoms with Crippen molar-refractivity contribution in [1.29, 1.82) is 0 Å². The Hall–Kier alpha value is -3.19. The molecule has 0 aliphatic heterocycles. The summed E-state index contributed by atoms with van der Waals surface area (Å²) >= 11 is 0. The van der Waals surface area contributed by atoms with E-state index in [1.54, 1.807) is 26.0 Å². The van der Waals surface area contributed by atoms with E-state index in [4.69, 9.17) is 19.0 Å². The third-order valence-corrected chi connectivity index (χ3v) is 3.36. The van der Waals surface area contributed by atoms with E-state index in [9.17, 15) is 14.4 Å². The van der Waals surface area contributed by atoms with Crippen molar-refractivity contribution < 1.29 is 28.6 Å². The van der Waals surface area contributed by atoms with Crippen molar-refractivity contribution in [1.82, 2.24) is 0 Å². The molecule has 0 saturated heterocycles. The lowest BCUT2D eigenvalue weighted by Crippen LogP contribution is -2.12. The zero-order chi connectivity index (χ0) is 19.3. The normalized spacial score (nSPS) is 10.8. The fourth-order valence-electron chi connectivity index (χ4n) is 2.29. The highest BCUT2D eigenvalue weighted by molar-refractivity contribution is 5.88. The van der Waals surface area contributed by atoms with Gasteiger partial charge in [0.15, 0.2) is 0 Å². The summed E-state index contributed by atoms with van der Waals surface area (Å²) in [4.78, 5) is 34.7. The monoisotopic (exact) mass is 358 g/mol. The fourth-order valence-corrected chi connectivity index (χ4v) is 2.29. The largest absolute Gasteiger partial charge is 0.463 e. The van der Waals surface area contributed by atoms with Gasteiger partial charge in [-0.05, 0) is 48.7 Å². The SMILES string of the molecule is CC(=O)Oc1c(C)cc(/C=C/C(=O)Oc2coc(CO)cc2=O)cc1C. The van der Waals surface area contributed by atoms with Gasteiger partial charge in [0.05, 0.1) is 0 Å². The molecule has 0 aliphatic carbocycles. The van der Waals surface area contributed by atoms with Crippen LogP contribution in [0.1, 0.15) is 29.4 Å². The maximum Gasteiger partial charge on any atom is 0.336 e. The van der Waals surface area contributed by atoms with Crippen LogP contribution in [0.4, 0.5) is 0 Å². The molecule has 0 unspecified atom stereocenters. The van der Waals surface area contributed by atoms with E-state index in [0.29, 0.717) is 11.3 Å². The van der Waals surface area contributed by atoms with Gasteiger partial charge in [-0.3, -0.25) is 9.59 Å². The number of aliphatic hydroxyl groups excluding tert-OH is 1. The highest BCUT2D eigenvalue weighted by Gasteiger charge is 2.10. The summed E-state index contributed by atoms with van der Waals surface area (Å²) in [6.07, 6.45) is 3.66. The van der Waals surface area contributed by atoms with E-state index in [1.807, 2.05) is 0 Å². The van der Waals surface area contributed by atoms with Crippen LogP contribution in [0.15, 0.2) is 39.7 Å². The molecule has 1 N–H and O–H groups in total. The number of aryl methyl sites for hydroxylation is 2. The number of benzene rings is 1. The van der Waals surface area contributed by atoms with Crippen molar-refractivity contribution in [3.8, 4) is 11.5 Å². The molecule has 0 aliphatic rings. The first-order valence-corrected chi connectivity index (χ1v) is 7.72. The lowest BCUT2D eigenvalue weighted by molar-refractivity contribution is -0.132. The molecule has 0 fully saturated rings. The van der Waals surface area contributed by atoms with E-state index < -0.39 is 24.0 Å². The second kappa shape index (κ2) is 8.26. The van der Waals surface area contributed by atoms with Crippen molar-refractivity contribution in [3.05, 3.63) is 63.2 Å². The number of rotatable bonds is 5. The number of carbonyl (C=O) groups is 2. The van der Waals surface area contributed by atoms with Crippen LogP contribution in [-0.4, -0.2) is 17.0 Å². The van der Waals surface area contributed by atoms with Crippen molar-refractivity contribution in [3.63, 3.8) is 0 Å². The summed E-state index contributed by atoms with van der Waals surface area (Å²) in [5, 5.41) is 8.88. The maximum atomic E-state index is 11.9. The topological polar surface area (TPSA) is 103 Å². The summed E-state index contributed by atoms with van der Waals surface area (Å²) in [6.45, 7) is 4.47. The molecule has 1 heterocycles. The van der Waals surface area contributed by atoms with Crippen LogP contribution in [0.3, 0.4) is 0 Å². The predicted molar refractivity (Wildman–Crippen MR) is 92.8 cm³/mol. The van der Waals surface area contributed by atoms with Crippen molar-refractivity contribution in [2.75, 3.05) is 0 Å². The Morgan fingerprint density at radius 1 is 1.15 bits per heavy atom. The van der Waals surface area contributed by atoms with Gasteiger partial charge >= 0.3 is 11.9 Å². The molecule has 0 saturated carbocycles. The lowest BCUT2D eigenvalue weighted by Gasteiger charge is -2.10. The molecule has 0 atom stereocenters. The smallest absolute Gasteiger partial charge is 0.336 e. The van der Waals surface area contributed by atoms with Crippen molar-refractivity contribution in [2.24, 2.45) is 0 Å². The molecular formula is C19H18O7. The average molecular weight is 358 g/mol. The van der Waals surface area contributed by atoms with Gasteiger partial charge in [-0.1, -0.05) is 0 Å². The molecule has 0 spiro atoms. The van der Waals surface area contributed by atoms with Crippen LogP contribution in [0, 0.1) is 13.8 Å². The number of esters is 2. The summed E-state index contributed by atoms with van der Waals surface area (Å²) in [6, 6.07) is 4.55. The Balaban J connectivity index is 2.13. The van der Waals surface area contributed by atoms with E-state index in [2.05, 4.69) is 0 Å². The third kappa shape index (κ3) is 4.90. The summed E-state index contributed by atoms with van der Waals surface area (Å²) in [7, 11) is 0. The minimum atomic E-state index is -0.756. The van der Waals surface area contributed by atoms with Crippen LogP contribution in [0.25, 0.3) is 6.08 Å². The predicted octanol–water partition coefficient (Wildman–Crippen LogP) is 2.29. The minimum Gasteiger partial charge on any atom is -0.463 e. The quantitative estimate of drug-likeness (QED) is 0.497. The summed E-state index contributed by atoms with van der Waals surface area (Å²) in [5.41, 5.74) is 1.62. The van der Waals surface area contributed by atoms with E-state index in [1.165, 1.54) is 19.1 Å². The number of aliphatic hydroxyl groups is 1. The number of hydrogen-bond acceptors (Lipinski definition) is 7. The molecule has 7 nitrogen and oxygen atoms in total. The zero-order valence-corrected chi connectivity index (χ0v) is 14.6. The van der Waals surface area contributed by atoms with E-state index in [0.717, 1.165) is 23.5 Å². The van der Waals surface area contributed by atoms with Crippen LogP contribution >= 0.6 is 0 Å². The molecule has 0 amide bonds. The third-order valence-electron chi connectivity index (χ3n) is 3.36. The van der Waals surface area contributed by atoms with Crippen LogP contribution in [0.2, 0.25) is 0 Å². The average Bonchev–Trinajstić information content (AvgIpc) is 2.58. The molecular weight excluding hydrogens is 340 g/mol. The Morgan fingerprint density at radius 3 is 2.35 bits per heavy atom. The lowest BCUT2D eigenvalue weighted by atomic mass is 10.1. The Labute approximate surface area is 149 Å². The Kier molecular flexibility index (Phi) is 6.08. The van der Waals surface area contributed by atoms with Gasteiger partial charge in [-0.25, -0.2) is 4.79 Å². The molecule has 1 aromatic carbocycles. The molecule has 7 heteroatoms. The van der Waals surface area contributed by atoms with Gasteiger partial charge in [0.2, 0.25) is 11.2 Å². The fraction of sp³-hybridized carbons (Fsp3) is 0.211. The van der Waals surface area contributed by atoms with Crippen molar-refractivity contribution in [2.45, 2.75) is 27.4 Å². The zero-order valence-electron chi connectivity index (χ0n) is 14.6. The molecule has 0 radical (unpaired) electrons. The van der Waals surface area contributed by atoms with Crippen molar-refractivity contribution >= 4 is 18.0 Å². The van der Waals surface area contributed by atoms with Gasteiger partial charge in [0.25, 0.3) is 0 Å². The Bertz CT molecular complexity index is 899. The van der Waals surface area contributed by atoms with Gasteiger partial charge in [-0.2, -0.15) is 0 Å². The second-order valence-corrected chi connectivity index (χ2v) is 5.56. The molecule has 1 aromatic heterocycles. The molecule has 0 bridgehead atoms. The number of ether oxygens (including phenoxy) is 2. The summed E-state index contributed by atoms with van der Waals surface area (Å²) in [5.74, 6) is -0.875. The summed E-state index contributed by atoms with van der Waals surface area (Å²) < 4.78 is 15.0. The Morgan fingerprint density at radius 2 is 1.81 bits per heavy atom. The van der Waals surface area contributed by atoms with Gasteiger partial charge in [0.1, 0.15) is 24.4 Å². The van der Waals surface area contributed by atoms with Crippen LogP contribution in [-0.2, 0) is 16.2 Å². The van der Waals surface area contributed by atoms with Gasteiger partial charge < -0.3 is 19.0 Å². The highest BCUT2D eigenvalue weighted by atomic mass is 16.5. The van der Waals surface area contributed by atoms with Crippen LogP contribution in [0.5, 0.6) is 11.5 Å².